The van der Waals surface area contributed by atoms with Crippen LogP contribution in [-0.4, -0.2) is 62.8 Å². The highest BCUT2D eigenvalue weighted by molar-refractivity contribution is 5.89. The molecule has 2 aromatic rings. The Balaban J connectivity index is 1.45. The molecule has 1 aliphatic rings. The maximum Gasteiger partial charge on any atom is 0.321 e. The summed E-state index contributed by atoms with van der Waals surface area (Å²) in [7, 11) is 3.28. The monoisotopic (exact) mass is 394 g/mol. The Morgan fingerprint density at radius 3 is 2.34 bits per heavy atom. The van der Waals surface area contributed by atoms with Crippen molar-refractivity contribution in [1.29, 1.82) is 5.26 Å². The summed E-state index contributed by atoms with van der Waals surface area (Å²) < 4.78 is 10.6. The van der Waals surface area contributed by atoms with E-state index in [1.165, 1.54) is 5.56 Å². The van der Waals surface area contributed by atoms with E-state index in [4.69, 9.17) is 14.7 Å². The van der Waals surface area contributed by atoms with Crippen LogP contribution in [0.5, 0.6) is 11.5 Å². The molecule has 7 heteroatoms. The molecule has 0 bridgehead atoms. The second-order valence-corrected chi connectivity index (χ2v) is 6.89. The van der Waals surface area contributed by atoms with Crippen LogP contribution < -0.4 is 14.8 Å². The molecule has 2 aromatic carbocycles. The highest BCUT2D eigenvalue weighted by Crippen LogP contribution is 2.27. The number of hydrogen-bond donors (Lipinski definition) is 1. The van der Waals surface area contributed by atoms with Gasteiger partial charge in [-0.1, -0.05) is 6.07 Å². The molecule has 2 amide bonds. The molecular weight excluding hydrogens is 368 g/mol. The van der Waals surface area contributed by atoms with E-state index >= 15 is 0 Å². The summed E-state index contributed by atoms with van der Waals surface area (Å²) in [5, 5.41) is 11.7. The minimum atomic E-state index is -0.103. The van der Waals surface area contributed by atoms with Gasteiger partial charge in [0.05, 0.1) is 25.9 Å². The van der Waals surface area contributed by atoms with Gasteiger partial charge in [-0.3, -0.25) is 4.90 Å². The van der Waals surface area contributed by atoms with Gasteiger partial charge >= 0.3 is 6.03 Å². The van der Waals surface area contributed by atoms with Gasteiger partial charge in [0.2, 0.25) is 0 Å². The maximum atomic E-state index is 12.4. The third kappa shape index (κ3) is 5.39. The molecule has 0 aliphatic carbocycles. The third-order valence-corrected chi connectivity index (χ3v) is 5.09. The van der Waals surface area contributed by atoms with Gasteiger partial charge < -0.3 is 19.7 Å². The van der Waals surface area contributed by atoms with Gasteiger partial charge in [0.15, 0.2) is 11.5 Å². The van der Waals surface area contributed by atoms with Gasteiger partial charge in [0, 0.05) is 38.4 Å². The molecule has 1 saturated heterocycles. The van der Waals surface area contributed by atoms with Crippen LogP contribution in [0, 0.1) is 11.3 Å². The number of nitriles is 1. The second-order valence-electron chi connectivity index (χ2n) is 6.89. The second kappa shape index (κ2) is 9.80. The van der Waals surface area contributed by atoms with Crippen molar-refractivity contribution in [2.75, 3.05) is 52.3 Å². The van der Waals surface area contributed by atoms with Crippen molar-refractivity contribution in [1.82, 2.24) is 9.80 Å². The molecule has 1 heterocycles. The van der Waals surface area contributed by atoms with Crippen molar-refractivity contribution >= 4 is 11.7 Å². The molecule has 0 radical (unpaired) electrons. The Kier molecular flexibility index (Phi) is 6.93. The highest BCUT2D eigenvalue weighted by atomic mass is 16.5. The number of carbonyl (C=O) groups is 1. The number of rotatable bonds is 6. The topological polar surface area (TPSA) is 77.8 Å². The van der Waals surface area contributed by atoms with E-state index < -0.39 is 0 Å². The molecule has 1 N–H and O–H groups in total. The van der Waals surface area contributed by atoms with Crippen LogP contribution in [0.1, 0.15) is 11.1 Å². The average Bonchev–Trinajstić information content (AvgIpc) is 2.78. The Labute approximate surface area is 171 Å². The standard InChI is InChI=1S/C22H26N4O3/c1-28-20-8-5-17(15-21(20)29-2)9-10-25-11-13-26(14-12-25)22(27)24-19-6-3-18(16-23)4-7-19/h3-8,15H,9-14H2,1-2H3,(H,24,27). The molecule has 7 nitrogen and oxygen atoms in total. The lowest BCUT2D eigenvalue weighted by molar-refractivity contribution is 0.148. The van der Waals surface area contributed by atoms with Gasteiger partial charge in [-0.05, 0) is 48.4 Å². The zero-order valence-electron chi connectivity index (χ0n) is 16.9. The van der Waals surface area contributed by atoms with Crippen LogP contribution in [0.25, 0.3) is 0 Å². The predicted molar refractivity (Wildman–Crippen MR) is 111 cm³/mol. The molecule has 1 aliphatic heterocycles. The van der Waals surface area contributed by atoms with E-state index in [2.05, 4.69) is 22.4 Å². The fourth-order valence-electron chi connectivity index (χ4n) is 3.33. The lowest BCUT2D eigenvalue weighted by Gasteiger charge is -2.34. The fourth-order valence-corrected chi connectivity index (χ4v) is 3.33. The molecular formula is C22H26N4O3. The van der Waals surface area contributed by atoms with E-state index in [0.29, 0.717) is 24.3 Å². The average molecular weight is 394 g/mol. The molecule has 0 spiro atoms. The van der Waals surface area contributed by atoms with Gasteiger partial charge in [-0.15, -0.1) is 0 Å². The fraction of sp³-hybridized carbons (Fsp3) is 0.364. The Morgan fingerprint density at radius 1 is 1.03 bits per heavy atom. The first-order valence-corrected chi connectivity index (χ1v) is 9.62. The number of benzene rings is 2. The summed E-state index contributed by atoms with van der Waals surface area (Å²) in [4.78, 5) is 16.6. The normalized spacial score (nSPS) is 14.2. The van der Waals surface area contributed by atoms with E-state index in [0.717, 1.165) is 37.6 Å². The maximum absolute atomic E-state index is 12.4. The van der Waals surface area contributed by atoms with Crippen LogP contribution in [0.2, 0.25) is 0 Å². The summed E-state index contributed by atoms with van der Waals surface area (Å²) in [5.74, 6) is 1.48. The third-order valence-electron chi connectivity index (χ3n) is 5.09. The number of carbonyl (C=O) groups excluding carboxylic acids is 1. The van der Waals surface area contributed by atoms with Gasteiger partial charge in [0.25, 0.3) is 0 Å². The summed E-state index contributed by atoms with van der Waals surface area (Å²) in [6.07, 6.45) is 0.914. The van der Waals surface area contributed by atoms with Crippen molar-refractivity contribution in [2.45, 2.75) is 6.42 Å². The molecule has 152 valence electrons. The van der Waals surface area contributed by atoms with E-state index in [1.54, 1.807) is 38.5 Å². The van der Waals surface area contributed by atoms with Crippen LogP contribution in [0.3, 0.4) is 0 Å². The minimum absolute atomic E-state index is 0.103. The first-order valence-electron chi connectivity index (χ1n) is 9.62. The quantitative estimate of drug-likeness (QED) is 0.815. The van der Waals surface area contributed by atoms with Crippen molar-refractivity contribution in [2.24, 2.45) is 0 Å². The first-order chi connectivity index (χ1) is 14.1. The van der Waals surface area contributed by atoms with Crippen molar-refractivity contribution in [3.63, 3.8) is 0 Å². The van der Waals surface area contributed by atoms with Crippen molar-refractivity contribution < 1.29 is 14.3 Å². The van der Waals surface area contributed by atoms with Crippen LogP contribution in [0.4, 0.5) is 10.5 Å². The SMILES string of the molecule is COc1ccc(CCN2CCN(C(=O)Nc3ccc(C#N)cc3)CC2)cc1OC. The number of methoxy groups -OCH3 is 2. The predicted octanol–water partition coefficient (Wildman–Crippen LogP) is 2.97. The zero-order chi connectivity index (χ0) is 20.6. The minimum Gasteiger partial charge on any atom is -0.493 e. The van der Waals surface area contributed by atoms with Crippen LogP contribution in [-0.2, 0) is 6.42 Å². The number of urea groups is 1. The van der Waals surface area contributed by atoms with E-state index in [-0.39, 0.29) is 6.03 Å². The summed E-state index contributed by atoms with van der Waals surface area (Å²) in [5.41, 5.74) is 2.47. The summed E-state index contributed by atoms with van der Waals surface area (Å²) in [6.45, 7) is 3.99. The number of nitrogens with one attached hydrogen (secondary N) is 1. The Morgan fingerprint density at radius 2 is 1.72 bits per heavy atom. The summed E-state index contributed by atoms with van der Waals surface area (Å²) >= 11 is 0. The number of hydrogen-bond acceptors (Lipinski definition) is 5. The molecule has 1 fully saturated rings. The van der Waals surface area contributed by atoms with Crippen LogP contribution in [0.15, 0.2) is 42.5 Å². The number of amides is 2. The lowest BCUT2D eigenvalue weighted by Crippen LogP contribution is -2.50. The molecule has 0 saturated carbocycles. The number of anilines is 1. The molecule has 0 atom stereocenters. The van der Waals surface area contributed by atoms with Crippen molar-refractivity contribution in [3.05, 3.63) is 53.6 Å². The smallest absolute Gasteiger partial charge is 0.321 e. The van der Waals surface area contributed by atoms with Crippen LogP contribution >= 0.6 is 0 Å². The highest BCUT2D eigenvalue weighted by Gasteiger charge is 2.21. The Bertz CT molecular complexity index is 869. The first kappa shape index (κ1) is 20.5. The van der Waals surface area contributed by atoms with E-state index in [1.807, 2.05) is 17.0 Å². The molecule has 3 rings (SSSR count). The summed E-state index contributed by atoms with van der Waals surface area (Å²) in [6, 6.07) is 14.9. The number of ether oxygens (including phenoxy) is 2. The zero-order valence-corrected chi connectivity index (χ0v) is 16.9. The molecule has 0 unspecified atom stereocenters. The number of piperazine rings is 1. The lowest BCUT2D eigenvalue weighted by atomic mass is 10.1. The van der Waals surface area contributed by atoms with Crippen molar-refractivity contribution in [3.8, 4) is 17.6 Å². The van der Waals surface area contributed by atoms with Gasteiger partial charge in [-0.2, -0.15) is 5.26 Å². The largest absolute Gasteiger partial charge is 0.493 e. The Hall–Kier alpha value is -3.24. The number of nitrogens with zero attached hydrogens (tertiary/aromatic N) is 3. The van der Waals surface area contributed by atoms with E-state index in [9.17, 15) is 4.79 Å². The van der Waals surface area contributed by atoms with Gasteiger partial charge in [-0.25, -0.2) is 4.79 Å². The van der Waals surface area contributed by atoms with Gasteiger partial charge in [0.1, 0.15) is 0 Å². The molecule has 0 aromatic heterocycles. The molecule has 29 heavy (non-hydrogen) atoms.